The molecular weight excluding hydrogens is 166 g/mol. The molecule has 0 aliphatic heterocycles. The molecule has 13 heavy (non-hydrogen) atoms. The lowest BCUT2D eigenvalue weighted by Gasteiger charge is -2.00. The van der Waals surface area contributed by atoms with Crippen LogP contribution in [0.4, 0.5) is 0 Å². The first-order chi connectivity index (χ1) is 6.15. The summed E-state index contributed by atoms with van der Waals surface area (Å²) >= 11 is 0. The van der Waals surface area contributed by atoms with E-state index in [1.54, 1.807) is 0 Å². The van der Waals surface area contributed by atoms with Gasteiger partial charge in [-0.1, -0.05) is 19.0 Å². The third kappa shape index (κ3) is 1.46. The minimum atomic E-state index is -0.108. The maximum absolute atomic E-state index is 5.78. The minimum absolute atomic E-state index is 0.108. The van der Waals surface area contributed by atoms with Crippen LogP contribution in [0.1, 0.15) is 50.9 Å². The van der Waals surface area contributed by atoms with E-state index >= 15 is 0 Å². The first-order valence-corrected chi connectivity index (χ1v) is 4.75. The molecule has 4 nitrogen and oxygen atoms in total. The molecule has 1 aliphatic rings. The fourth-order valence-corrected chi connectivity index (χ4v) is 1.22. The van der Waals surface area contributed by atoms with E-state index in [4.69, 9.17) is 10.3 Å². The topological polar surface area (TPSA) is 64.9 Å². The van der Waals surface area contributed by atoms with Crippen molar-refractivity contribution in [3.05, 3.63) is 11.7 Å². The Morgan fingerprint density at radius 3 is 2.85 bits per heavy atom. The lowest BCUT2D eigenvalue weighted by Crippen LogP contribution is -2.10. The second-order valence-corrected chi connectivity index (χ2v) is 4.03. The zero-order valence-corrected chi connectivity index (χ0v) is 8.08. The molecule has 0 amide bonds. The SMILES string of the molecule is CCC(N)c1nc(C2(C)CC2)no1. The van der Waals surface area contributed by atoms with E-state index in [1.807, 2.05) is 6.92 Å². The summed E-state index contributed by atoms with van der Waals surface area (Å²) in [5.41, 5.74) is 5.95. The molecule has 1 aromatic rings. The monoisotopic (exact) mass is 181 g/mol. The second-order valence-electron chi connectivity index (χ2n) is 4.03. The van der Waals surface area contributed by atoms with Crippen LogP contribution in [0.5, 0.6) is 0 Å². The Bertz CT molecular complexity index is 304. The smallest absolute Gasteiger partial charge is 0.243 e. The molecule has 1 atom stereocenters. The van der Waals surface area contributed by atoms with Gasteiger partial charge >= 0.3 is 0 Å². The maximum atomic E-state index is 5.78. The first-order valence-electron chi connectivity index (χ1n) is 4.75. The van der Waals surface area contributed by atoms with Gasteiger partial charge in [-0.3, -0.25) is 0 Å². The summed E-state index contributed by atoms with van der Waals surface area (Å²) in [4.78, 5) is 4.31. The molecule has 1 heterocycles. The van der Waals surface area contributed by atoms with E-state index in [9.17, 15) is 0 Å². The summed E-state index contributed by atoms with van der Waals surface area (Å²) < 4.78 is 5.10. The molecule has 0 aromatic carbocycles. The van der Waals surface area contributed by atoms with Crippen LogP contribution in [0.2, 0.25) is 0 Å². The molecular formula is C9H15N3O. The minimum Gasteiger partial charge on any atom is -0.338 e. The van der Waals surface area contributed by atoms with Crippen molar-refractivity contribution in [1.29, 1.82) is 0 Å². The Hall–Kier alpha value is -0.900. The van der Waals surface area contributed by atoms with Crippen molar-refractivity contribution < 1.29 is 4.52 Å². The summed E-state index contributed by atoms with van der Waals surface area (Å²) in [5, 5.41) is 3.95. The average molecular weight is 181 g/mol. The second kappa shape index (κ2) is 2.80. The number of nitrogens with two attached hydrogens (primary N) is 1. The third-order valence-electron chi connectivity index (χ3n) is 2.74. The van der Waals surface area contributed by atoms with Crippen LogP contribution >= 0.6 is 0 Å². The quantitative estimate of drug-likeness (QED) is 0.768. The maximum Gasteiger partial charge on any atom is 0.243 e. The van der Waals surface area contributed by atoms with Crippen molar-refractivity contribution in [2.75, 3.05) is 0 Å². The van der Waals surface area contributed by atoms with Crippen molar-refractivity contribution in [3.8, 4) is 0 Å². The Balaban J connectivity index is 2.18. The molecule has 2 rings (SSSR count). The fourth-order valence-electron chi connectivity index (χ4n) is 1.22. The molecule has 2 N–H and O–H groups in total. The van der Waals surface area contributed by atoms with Crippen molar-refractivity contribution in [2.24, 2.45) is 5.73 Å². The van der Waals surface area contributed by atoms with Gasteiger partial charge in [0.05, 0.1) is 6.04 Å². The van der Waals surface area contributed by atoms with Crippen LogP contribution in [0.15, 0.2) is 4.52 Å². The summed E-state index contributed by atoms with van der Waals surface area (Å²) in [5.74, 6) is 1.40. The van der Waals surface area contributed by atoms with E-state index in [2.05, 4.69) is 17.1 Å². The summed E-state index contributed by atoms with van der Waals surface area (Å²) in [6.07, 6.45) is 3.15. The molecule has 72 valence electrons. The van der Waals surface area contributed by atoms with Gasteiger partial charge < -0.3 is 10.3 Å². The van der Waals surface area contributed by atoms with Gasteiger partial charge in [0.15, 0.2) is 5.82 Å². The van der Waals surface area contributed by atoms with Crippen LogP contribution in [0.3, 0.4) is 0 Å². The molecule has 0 bridgehead atoms. The highest BCUT2D eigenvalue weighted by Crippen LogP contribution is 2.46. The number of rotatable bonds is 3. The van der Waals surface area contributed by atoms with E-state index in [-0.39, 0.29) is 11.5 Å². The van der Waals surface area contributed by atoms with Gasteiger partial charge in [0, 0.05) is 5.41 Å². The van der Waals surface area contributed by atoms with E-state index < -0.39 is 0 Å². The Kier molecular flexibility index (Phi) is 1.87. The normalized spacial score (nSPS) is 21.5. The molecule has 4 heteroatoms. The molecule has 1 aromatic heterocycles. The highest BCUT2D eigenvalue weighted by atomic mass is 16.5. The van der Waals surface area contributed by atoms with Crippen LogP contribution < -0.4 is 5.73 Å². The predicted octanol–water partition coefficient (Wildman–Crippen LogP) is 1.53. The highest BCUT2D eigenvalue weighted by molar-refractivity contribution is 5.14. The molecule has 0 saturated heterocycles. The van der Waals surface area contributed by atoms with Gasteiger partial charge in [0.1, 0.15) is 0 Å². The molecule has 1 aliphatic carbocycles. The Morgan fingerprint density at radius 2 is 2.31 bits per heavy atom. The Morgan fingerprint density at radius 1 is 1.62 bits per heavy atom. The summed E-state index contributed by atoms with van der Waals surface area (Å²) in [6, 6.07) is -0.108. The zero-order valence-electron chi connectivity index (χ0n) is 8.08. The van der Waals surface area contributed by atoms with Crippen molar-refractivity contribution in [3.63, 3.8) is 0 Å². The lowest BCUT2D eigenvalue weighted by atomic mass is 10.1. The largest absolute Gasteiger partial charge is 0.338 e. The number of hydrogen-bond acceptors (Lipinski definition) is 4. The highest BCUT2D eigenvalue weighted by Gasteiger charge is 2.43. The summed E-state index contributed by atoms with van der Waals surface area (Å²) in [6.45, 7) is 4.16. The van der Waals surface area contributed by atoms with E-state index in [0.717, 1.165) is 25.1 Å². The van der Waals surface area contributed by atoms with E-state index in [0.29, 0.717) is 5.89 Å². The van der Waals surface area contributed by atoms with Crippen LogP contribution in [-0.4, -0.2) is 10.1 Å². The number of hydrogen-bond donors (Lipinski definition) is 1. The molecule has 1 unspecified atom stereocenters. The molecule has 1 fully saturated rings. The lowest BCUT2D eigenvalue weighted by molar-refractivity contribution is 0.346. The van der Waals surface area contributed by atoms with E-state index in [1.165, 1.54) is 0 Å². The molecule has 1 saturated carbocycles. The van der Waals surface area contributed by atoms with Crippen molar-refractivity contribution >= 4 is 0 Å². The number of aromatic nitrogens is 2. The van der Waals surface area contributed by atoms with Gasteiger partial charge in [-0.15, -0.1) is 0 Å². The van der Waals surface area contributed by atoms with Gasteiger partial charge in [-0.05, 0) is 19.3 Å². The van der Waals surface area contributed by atoms with Crippen LogP contribution in [0, 0.1) is 0 Å². The predicted molar refractivity (Wildman–Crippen MR) is 48.1 cm³/mol. The van der Waals surface area contributed by atoms with Gasteiger partial charge in [-0.2, -0.15) is 4.98 Å². The first kappa shape index (κ1) is 8.69. The Labute approximate surface area is 77.5 Å². The number of nitrogens with zero attached hydrogens (tertiary/aromatic N) is 2. The van der Waals surface area contributed by atoms with Gasteiger partial charge in [0.25, 0.3) is 0 Å². The van der Waals surface area contributed by atoms with Crippen LogP contribution in [-0.2, 0) is 5.41 Å². The molecule has 0 spiro atoms. The average Bonchev–Trinajstić information content (AvgIpc) is 2.72. The van der Waals surface area contributed by atoms with Crippen molar-refractivity contribution in [1.82, 2.24) is 10.1 Å². The summed E-state index contributed by atoms with van der Waals surface area (Å²) in [7, 11) is 0. The van der Waals surface area contributed by atoms with Crippen LogP contribution in [0.25, 0.3) is 0 Å². The zero-order chi connectivity index (χ0) is 9.47. The fraction of sp³-hybridized carbons (Fsp3) is 0.778. The van der Waals surface area contributed by atoms with Crippen molar-refractivity contribution in [2.45, 2.75) is 44.6 Å². The van der Waals surface area contributed by atoms with Gasteiger partial charge in [-0.25, -0.2) is 0 Å². The van der Waals surface area contributed by atoms with Gasteiger partial charge in [0.2, 0.25) is 5.89 Å². The standard InChI is InChI=1S/C9H15N3O/c1-3-6(10)7-11-8(12-13-7)9(2)4-5-9/h6H,3-5,10H2,1-2H3. The third-order valence-corrected chi connectivity index (χ3v) is 2.74. The molecule has 0 radical (unpaired) electrons.